The van der Waals surface area contributed by atoms with Gasteiger partial charge >= 0.3 is 0 Å². The normalized spacial score (nSPS) is 12.3. The molecule has 4 nitrogen and oxygen atoms in total. The van der Waals surface area contributed by atoms with Gasteiger partial charge in [0.2, 0.25) is 0 Å². The molecule has 1 unspecified atom stereocenters. The van der Waals surface area contributed by atoms with E-state index in [1.807, 2.05) is 23.4 Å². The van der Waals surface area contributed by atoms with Crippen LogP contribution in [0.3, 0.4) is 0 Å². The molecule has 0 aliphatic rings. The summed E-state index contributed by atoms with van der Waals surface area (Å²) >= 11 is 1.66. The first-order chi connectivity index (χ1) is 9.65. The molecule has 0 saturated carbocycles. The molecular weight excluding hydrogens is 270 g/mol. The molecule has 0 aliphatic carbocycles. The summed E-state index contributed by atoms with van der Waals surface area (Å²) in [4.78, 5) is 14.6. The summed E-state index contributed by atoms with van der Waals surface area (Å²) in [5.41, 5.74) is 1.86. The molecule has 0 N–H and O–H groups in total. The monoisotopic (exact) mass is 291 g/mol. The highest BCUT2D eigenvalue weighted by Gasteiger charge is 2.22. The van der Waals surface area contributed by atoms with Crippen LogP contribution in [0.2, 0.25) is 0 Å². The molecule has 0 fully saturated rings. The quantitative estimate of drug-likeness (QED) is 0.818. The number of nitrogens with zero attached hydrogens (tertiary/aromatic N) is 3. The maximum absolute atomic E-state index is 12.7. The van der Waals surface area contributed by atoms with Gasteiger partial charge in [-0.25, -0.2) is 0 Å². The third-order valence-corrected chi connectivity index (χ3v) is 4.25. The highest BCUT2D eigenvalue weighted by atomic mass is 32.1. The van der Waals surface area contributed by atoms with Crippen LogP contribution < -0.4 is 0 Å². The highest BCUT2D eigenvalue weighted by Crippen LogP contribution is 2.16. The molecule has 0 aliphatic heterocycles. The topological polar surface area (TPSA) is 38.1 Å². The Bertz CT molecular complexity index is 547. The van der Waals surface area contributed by atoms with Crippen LogP contribution in [0, 0.1) is 0 Å². The van der Waals surface area contributed by atoms with E-state index in [9.17, 15) is 4.79 Å². The van der Waals surface area contributed by atoms with Crippen molar-refractivity contribution >= 4 is 17.2 Å². The Morgan fingerprint density at radius 1 is 1.50 bits per heavy atom. The van der Waals surface area contributed by atoms with Crippen molar-refractivity contribution in [1.82, 2.24) is 14.7 Å². The molecule has 0 spiro atoms. The first-order valence-corrected chi connectivity index (χ1v) is 7.94. The summed E-state index contributed by atoms with van der Waals surface area (Å²) in [6, 6.07) is 2.29. The van der Waals surface area contributed by atoms with Crippen molar-refractivity contribution in [2.24, 2.45) is 0 Å². The lowest BCUT2D eigenvalue weighted by Crippen LogP contribution is -2.37. The fourth-order valence-corrected chi connectivity index (χ4v) is 2.70. The van der Waals surface area contributed by atoms with Crippen LogP contribution >= 0.6 is 11.3 Å². The van der Waals surface area contributed by atoms with Gasteiger partial charge in [0, 0.05) is 25.3 Å². The van der Waals surface area contributed by atoms with Gasteiger partial charge in [-0.1, -0.05) is 6.92 Å². The van der Waals surface area contributed by atoms with E-state index in [1.165, 1.54) is 5.56 Å². The van der Waals surface area contributed by atoms with Gasteiger partial charge in [0.1, 0.15) is 0 Å². The van der Waals surface area contributed by atoms with E-state index in [0.29, 0.717) is 12.1 Å². The number of hydrogen-bond donors (Lipinski definition) is 0. The Balaban J connectivity index is 2.19. The molecule has 5 heteroatoms. The molecule has 1 amide bonds. The van der Waals surface area contributed by atoms with Gasteiger partial charge in [-0.3, -0.25) is 9.48 Å². The predicted molar refractivity (Wildman–Crippen MR) is 81.8 cm³/mol. The number of thiophene rings is 1. The molecule has 0 bridgehead atoms. The Morgan fingerprint density at radius 2 is 2.30 bits per heavy atom. The number of rotatable bonds is 6. The van der Waals surface area contributed by atoms with Gasteiger partial charge in [-0.15, -0.1) is 0 Å². The van der Waals surface area contributed by atoms with Crippen molar-refractivity contribution in [3.8, 4) is 0 Å². The number of aryl methyl sites for hydroxylation is 1. The molecular formula is C15H21N3OS. The number of amides is 1. The summed E-state index contributed by atoms with van der Waals surface area (Å²) in [5.74, 6) is 0.0604. The van der Waals surface area contributed by atoms with Crippen molar-refractivity contribution in [2.45, 2.75) is 46.3 Å². The van der Waals surface area contributed by atoms with Crippen molar-refractivity contribution < 1.29 is 4.79 Å². The van der Waals surface area contributed by atoms with Crippen molar-refractivity contribution in [1.29, 1.82) is 0 Å². The van der Waals surface area contributed by atoms with E-state index in [-0.39, 0.29) is 11.9 Å². The van der Waals surface area contributed by atoms with Crippen molar-refractivity contribution in [2.75, 3.05) is 0 Å². The molecule has 20 heavy (non-hydrogen) atoms. The van der Waals surface area contributed by atoms with E-state index in [4.69, 9.17) is 0 Å². The van der Waals surface area contributed by atoms with Gasteiger partial charge < -0.3 is 4.90 Å². The Hall–Kier alpha value is -1.62. The van der Waals surface area contributed by atoms with E-state index in [1.54, 1.807) is 22.2 Å². The molecule has 1 atom stereocenters. The van der Waals surface area contributed by atoms with E-state index >= 15 is 0 Å². The number of carbonyl (C=O) groups is 1. The zero-order chi connectivity index (χ0) is 14.5. The van der Waals surface area contributed by atoms with Crippen LogP contribution in [0.5, 0.6) is 0 Å². The minimum absolute atomic E-state index is 0.0604. The fraction of sp³-hybridized carbons (Fsp3) is 0.467. The van der Waals surface area contributed by atoms with Gasteiger partial charge in [-0.05, 0) is 42.7 Å². The highest BCUT2D eigenvalue weighted by molar-refractivity contribution is 7.07. The van der Waals surface area contributed by atoms with E-state index < -0.39 is 0 Å². The second-order valence-electron chi connectivity index (χ2n) is 4.91. The van der Waals surface area contributed by atoms with Crippen molar-refractivity contribution in [3.05, 3.63) is 40.3 Å². The smallest absolute Gasteiger partial charge is 0.257 e. The summed E-state index contributed by atoms with van der Waals surface area (Å²) in [6.45, 7) is 7.65. The molecule has 2 rings (SSSR count). The zero-order valence-corrected chi connectivity index (χ0v) is 13.1. The van der Waals surface area contributed by atoms with Gasteiger partial charge in [0.05, 0.1) is 11.8 Å². The van der Waals surface area contributed by atoms with Crippen molar-refractivity contribution in [3.63, 3.8) is 0 Å². The largest absolute Gasteiger partial charge is 0.331 e. The number of hydrogen-bond acceptors (Lipinski definition) is 3. The minimum atomic E-state index is 0.0604. The summed E-state index contributed by atoms with van der Waals surface area (Å²) in [7, 11) is 0. The van der Waals surface area contributed by atoms with Crippen LogP contribution in [0.1, 0.15) is 43.1 Å². The average molecular weight is 291 g/mol. The maximum Gasteiger partial charge on any atom is 0.257 e. The lowest BCUT2D eigenvalue weighted by Gasteiger charge is -2.28. The van der Waals surface area contributed by atoms with Gasteiger partial charge in [0.25, 0.3) is 5.91 Å². The summed E-state index contributed by atoms with van der Waals surface area (Å²) in [5, 5.41) is 8.33. The lowest BCUT2D eigenvalue weighted by molar-refractivity contribution is 0.0671. The molecule has 108 valence electrons. The van der Waals surface area contributed by atoms with Gasteiger partial charge in [0.15, 0.2) is 0 Å². The first-order valence-electron chi connectivity index (χ1n) is 7.00. The third kappa shape index (κ3) is 3.28. The summed E-state index contributed by atoms with van der Waals surface area (Å²) < 4.78 is 1.78. The van der Waals surface area contributed by atoms with Crippen LogP contribution in [0.15, 0.2) is 29.2 Å². The maximum atomic E-state index is 12.7. The molecule has 0 radical (unpaired) electrons. The molecule has 2 aromatic heterocycles. The number of aromatic nitrogens is 2. The van der Waals surface area contributed by atoms with E-state index in [2.05, 4.69) is 30.4 Å². The average Bonchev–Trinajstić information content (AvgIpc) is 3.14. The minimum Gasteiger partial charge on any atom is -0.331 e. The molecule has 0 aromatic carbocycles. The Kier molecular flexibility index (Phi) is 4.95. The molecule has 0 saturated heterocycles. The van der Waals surface area contributed by atoms with Crippen LogP contribution in [0.25, 0.3) is 0 Å². The standard InChI is InChI=1S/C15H21N3OS/c1-4-12(3)18(9-13-6-7-20-11-13)15(19)14-8-16-17(5-2)10-14/h6-8,10-12H,4-5,9H2,1-3H3. The van der Waals surface area contributed by atoms with Crippen LogP contribution in [-0.4, -0.2) is 26.6 Å². The van der Waals surface area contributed by atoms with Crippen LogP contribution in [-0.2, 0) is 13.1 Å². The number of carbonyl (C=O) groups excluding carboxylic acids is 1. The SMILES string of the molecule is CCC(C)N(Cc1ccsc1)C(=O)c1cnn(CC)c1. The lowest BCUT2D eigenvalue weighted by atomic mass is 10.1. The fourth-order valence-electron chi connectivity index (χ4n) is 2.04. The Labute approximate surface area is 124 Å². The third-order valence-electron chi connectivity index (χ3n) is 3.52. The van der Waals surface area contributed by atoms with Gasteiger partial charge in [-0.2, -0.15) is 16.4 Å². The first kappa shape index (κ1) is 14.8. The summed E-state index contributed by atoms with van der Waals surface area (Å²) in [6.07, 6.45) is 4.43. The molecule has 2 heterocycles. The molecule has 2 aromatic rings. The predicted octanol–water partition coefficient (Wildman–Crippen LogP) is 3.41. The zero-order valence-electron chi connectivity index (χ0n) is 12.2. The Morgan fingerprint density at radius 3 is 2.85 bits per heavy atom. The van der Waals surface area contributed by atoms with Crippen LogP contribution in [0.4, 0.5) is 0 Å². The second-order valence-corrected chi connectivity index (χ2v) is 5.69. The van der Waals surface area contributed by atoms with E-state index in [0.717, 1.165) is 13.0 Å². The second kappa shape index (κ2) is 6.70.